The summed E-state index contributed by atoms with van der Waals surface area (Å²) in [5.74, 6) is 0.250. The van der Waals surface area contributed by atoms with Gasteiger partial charge in [0.1, 0.15) is 5.82 Å². The molecule has 1 aromatic rings. The van der Waals surface area contributed by atoms with Gasteiger partial charge in [-0.2, -0.15) is 12.7 Å². The molecule has 5 nitrogen and oxygen atoms in total. The van der Waals surface area contributed by atoms with Crippen LogP contribution in [-0.4, -0.2) is 30.3 Å². The van der Waals surface area contributed by atoms with Gasteiger partial charge in [0.2, 0.25) is 0 Å². The summed E-state index contributed by atoms with van der Waals surface area (Å²) in [6.07, 6.45) is 4.33. The third-order valence-electron chi connectivity index (χ3n) is 3.01. The lowest BCUT2D eigenvalue weighted by Crippen LogP contribution is -2.44. The molecule has 1 N–H and O–H groups in total. The van der Waals surface area contributed by atoms with Crippen molar-refractivity contribution in [1.29, 1.82) is 0 Å². The molecule has 1 atom stereocenters. The average molecular weight is 290 g/mol. The predicted octanol–water partition coefficient (Wildman–Crippen LogP) is 2.27. The van der Waals surface area contributed by atoms with Gasteiger partial charge >= 0.3 is 10.2 Å². The Bertz CT molecular complexity index is 521. The fraction of sp³-hybridized carbons (Fsp3) is 0.545. The lowest BCUT2D eigenvalue weighted by molar-refractivity contribution is 0.270. The van der Waals surface area contributed by atoms with Gasteiger partial charge in [-0.05, 0) is 25.8 Å². The number of nitrogens with one attached hydrogen (secondary N) is 1. The van der Waals surface area contributed by atoms with Crippen molar-refractivity contribution < 1.29 is 8.42 Å². The van der Waals surface area contributed by atoms with E-state index in [0.717, 1.165) is 19.3 Å². The quantitative estimate of drug-likeness (QED) is 0.928. The molecule has 1 aliphatic rings. The minimum absolute atomic E-state index is 0.0236. The van der Waals surface area contributed by atoms with Crippen molar-refractivity contribution in [1.82, 2.24) is 9.29 Å². The molecule has 0 aliphatic carbocycles. The maximum Gasteiger partial charge on any atom is 0.303 e. The van der Waals surface area contributed by atoms with Crippen molar-refractivity contribution in [3.8, 4) is 0 Å². The van der Waals surface area contributed by atoms with Crippen LogP contribution in [0.15, 0.2) is 18.3 Å². The van der Waals surface area contributed by atoms with Crippen molar-refractivity contribution >= 4 is 27.6 Å². The number of pyridine rings is 1. The van der Waals surface area contributed by atoms with E-state index < -0.39 is 10.2 Å². The van der Waals surface area contributed by atoms with E-state index in [1.165, 1.54) is 16.6 Å². The highest BCUT2D eigenvalue weighted by atomic mass is 35.5. The Morgan fingerprint density at radius 1 is 1.50 bits per heavy atom. The summed E-state index contributed by atoms with van der Waals surface area (Å²) in [6.45, 7) is 2.47. The van der Waals surface area contributed by atoms with Crippen molar-refractivity contribution in [2.45, 2.75) is 32.2 Å². The van der Waals surface area contributed by atoms with Crippen molar-refractivity contribution in [3.63, 3.8) is 0 Å². The van der Waals surface area contributed by atoms with E-state index in [1.807, 2.05) is 6.92 Å². The van der Waals surface area contributed by atoms with Gasteiger partial charge in [0.05, 0.1) is 0 Å². The van der Waals surface area contributed by atoms with Crippen LogP contribution < -0.4 is 4.72 Å². The smallest absolute Gasteiger partial charge is 0.254 e. The highest BCUT2D eigenvalue weighted by Gasteiger charge is 2.29. The lowest BCUT2D eigenvalue weighted by Gasteiger charge is -2.32. The molecular weight excluding hydrogens is 274 g/mol. The van der Waals surface area contributed by atoms with E-state index in [4.69, 9.17) is 11.6 Å². The molecule has 0 aromatic carbocycles. The lowest BCUT2D eigenvalue weighted by atomic mass is 10.1. The monoisotopic (exact) mass is 289 g/mol. The maximum atomic E-state index is 12.2. The summed E-state index contributed by atoms with van der Waals surface area (Å²) >= 11 is 5.80. The minimum atomic E-state index is -3.54. The maximum absolute atomic E-state index is 12.2. The normalized spacial score (nSPS) is 21.8. The van der Waals surface area contributed by atoms with Crippen LogP contribution in [0.5, 0.6) is 0 Å². The first-order valence-corrected chi connectivity index (χ1v) is 7.72. The molecule has 0 bridgehead atoms. The molecule has 0 amide bonds. The van der Waals surface area contributed by atoms with Crippen LogP contribution in [-0.2, 0) is 10.2 Å². The Morgan fingerprint density at radius 3 is 2.94 bits per heavy atom. The Balaban J connectivity index is 2.16. The molecule has 0 spiro atoms. The zero-order chi connectivity index (χ0) is 13.2. The number of aromatic nitrogens is 1. The second-order valence-corrected chi connectivity index (χ2v) is 6.48. The number of rotatable bonds is 3. The van der Waals surface area contributed by atoms with Gasteiger partial charge in [-0.3, -0.25) is 4.72 Å². The second-order valence-electron chi connectivity index (χ2n) is 4.42. The molecule has 100 valence electrons. The largest absolute Gasteiger partial charge is 0.303 e. The van der Waals surface area contributed by atoms with Crippen LogP contribution >= 0.6 is 11.6 Å². The van der Waals surface area contributed by atoms with Gasteiger partial charge in [-0.1, -0.05) is 18.0 Å². The number of piperidine rings is 1. The van der Waals surface area contributed by atoms with Crippen LogP contribution in [0.25, 0.3) is 0 Å². The summed E-state index contributed by atoms with van der Waals surface area (Å²) in [6, 6.07) is 3.12. The van der Waals surface area contributed by atoms with Crippen molar-refractivity contribution in [3.05, 3.63) is 23.4 Å². The van der Waals surface area contributed by atoms with E-state index in [-0.39, 0.29) is 11.9 Å². The molecule has 1 aromatic heterocycles. The van der Waals surface area contributed by atoms with E-state index in [9.17, 15) is 8.42 Å². The van der Waals surface area contributed by atoms with Crippen LogP contribution in [0.4, 0.5) is 5.82 Å². The summed E-state index contributed by atoms with van der Waals surface area (Å²) < 4.78 is 28.4. The fourth-order valence-electron chi connectivity index (χ4n) is 2.08. The van der Waals surface area contributed by atoms with Gasteiger partial charge in [0.25, 0.3) is 0 Å². The topological polar surface area (TPSA) is 62.3 Å². The number of nitrogens with zero attached hydrogens (tertiary/aromatic N) is 2. The van der Waals surface area contributed by atoms with E-state index in [1.54, 1.807) is 6.07 Å². The summed E-state index contributed by atoms with van der Waals surface area (Å²) in [5, 5.41) is 0.453. The Hall–Kier alpha value is -0.850. The van der Waals surface area contributed by atoms with Crippen LogP contribution in [0.1, 0.15) is 26.2 Å². The van der Waals surface area contributed by atoms with Gasteiger partial charge in [-0.15, -0.1) is 0 Å². The van der Waals surface area contributed by atoms with Gasteiger partial charge in [0, 0.05) is 29.9 Å². The van der Waals surface area contributed by atoms with Gasteiger partial charge < -0.3 is 0 Å². The molecule has 0 radical (unpaired) electrons. The molecule has 0 saturated carbocycles. The predicted molar refractivity (Wildman–Crippen MR) is 71.8 cm³/mol. The third-order valence-corrected chi connectivity index (χ3v) is 4.87. The van der Waals surface area contributed by atoms with Crippen molar-refractivity contribution in [2.75, 3.05) is 11.3 Å². The summed E-state index contributed by atoms with van der Waals surface area (Å²) in [7, 11) is -3.54. The number of halogens is 1. The number of hydrogen-bond acceptors (Lipinski definition) is 3. The first-order valence-electron chi connectivity index (χ1n) is 5.90. The first-order chi connectivity index (χ1) is 8.49. The zero-order valence-corrected chi connectivity index (χ0v) is 11.7. The molecule has 7 heteroatoms. The molecule has 18 heavy (non-hydrogen) atoms. The molecule has 1 aliphatic heterocycles. The number of anilines is 1. The van der Waals surface area contributed by atoms with E-state index in [0.29, 0.717) is 11.6 Å². The number of hydrogen-bond donors (Lipinski definition) is 1. The van der Waals surface area contributed by atoms with Crippen LogP contribution in [0.3, 0.4) is 0 Å². The zero-order valence-electron chi connectivity index (χ0n) is 10.1. The highest BCUT2D eigenvalue weighted by molar-refractivity contribution is 7.90. The molecule has 2 rings (SSSR count). The molecular formula is C11H16ClN3O2S. The first kappa shape index (κ1) is 13.6. The average Bonchev–Trinajstić information content (AvgIpc) is 2.28. The standard InChI is InChI=1S/C11H16ClN3O2S/c1-9-4-2-3-7-15(9)18(16,17)14-11-8-10(12)5-6-13-11/h5-6,8-9H,2-4,7H2,1H3,(H,13,14). The summed E-state index contributed by atoms with van der Waals surface area (Å²) in [4.78, 5) is 3.94. The molecule has 1 unspecified atom stereocenters. The Morgan fingerprint density at radius 2 is 2.28 bits per heavy atom. The molecule has 2 heterocycles. The SMILES string of the molecule is CC1CCCCN1S(=O)(=O)Nc1cc(Cl)ccn1. The van der Waals surface area contributed by atoms with E-state index in [2.05, 4.69) is 9.71 Å². The van der Waals surface area contributed by atoms with Gasteiger partial charge in [-0.25, -0.2) is 4.98 Å². The van der Waals surface area contributed by atoms with Crippen molar-refractivity contribution in [2.24, 2.45) is 0 Å². The second kappa shape index (κ2) is 5.42. The van der Waals surface area contributed by atoms with Crippen LogP contribution in [0.2, 0.25) is 5.02 Å². The third kappa shape index (κ3) is 3.13. The minimum Gasteiger partial charge on any atom is -0.254 e. The summed E-state index contributed by atoms with van der Waals surface area (Å²) in [5.41, 5.74) is 0. The van der Waals surface area contributed by atoms with E-state index >= 15 is 0 Å². The fourth-order valence-corrected chi connectivity index (χ4v) is 3.68. The molecule has 1 saturated heterocycles. The highest BCUT2D eigenvalue weighted by Crippen LogP contribution is 2.21. The molecule has 1 fully saturated rings. The Labute approximate surface area is 112 Å². The van der Waals surface area contributed by atoms with Gasteiger partial charge in [0.15, 0.2) is 0 Å². The Kier molecular flexibility index (Phi) is 4.09. The van der Waals surface area contributed by atoms with Crippen LogP contribution in [0, 0.1) is 0 Å².